The highest BCUT2D eigenvalue weighted by molar-refractivity contribution is 5.90. The lowest BCUT2D eigenvalue weighted by molar-refractivity contribution is 0.0700. The van der Waals surface area contributed by atoms with Gasteiger partial charge in [0.2, 0.25) is 0 Å². The second-order valence-corrected chi connectivity index (χ2v) is 8.22. The molecule has 1 aliphatic carbocycles. The molecule has 1 aromatic carbocycles. The van der Waals surface area contributed by atoms with Gasteiger partial charge in [-0.15, -0.1) is 0 Å². The van der Waals surface area contributed by atoms with Gasteiger partial charge >= 0.3 is 0 Å². The Morgan fingerprint density at radius 1 is 1.24 bits per heavy atom. The van der Waals surface area contributed by atoms with Gasteiger partial charge in [0, 0.05) is 18.4 Å². The molecule has 2 heterocycles. The van der Waals surface area contributed by atoms with E-state index in [-0.39, 0.29) is 5.69 Å². The van der Waals surface area contributed by atoms with Crippen molar-refractivity contribution in [3.63, 3.8) is 0 Å². The first-order valence-electron chi connectivity index (χ1n) is 10.6. The largest absolute Gasteiger partial charge is 0.448 e. The van der Waals surface area contributed by atoms with Crippen LogP contribution in [0.2, 0.25) is 0 Å². The van der Waals surface area contributed by atoms with Gasteiger partial charge in [0.05, 0.1) is 0 Å². The molecule has 156 valence electrons. The Balaban J connectivity index is 1.09. The predicted octanol–water partition coefficient (Wildman–Crippen LogP) is 2.58. The van der Waals surface area contributed by atoms with Crippen LogP contribution in [0.15, 0.2) is 41.0 Å². The van der Waals surface area contributed by atoms with Crippen molar-refractivity contribution in [3.05, 3.63) is 53.7 Å². The number of nitrogens with one attached hydrogen (secondary N) is 2. The van der Waals surface area contributed by atoms with Crippen LogP contribution in [0.1, 0.15) is 53.5 Å². The maximum Gasteiger partial charge on any atom is 0.296 e. The average molecular weight is 399 g/mol. The van der Waals surface area contributed by atoms with Crippen LogP contribution >= 0.6 is 0 Å². The molecule has 0 unspecified atom stereocenters. The summed E-state index contributed by atoms with van der Waals surface area (Å²) in [6.07, 6.45) is 6.69. The fourth-order valence-electron chi connectivity index (χ4n) is 4.26. The number of hydrogen-bond donors (Lipinski definition) is 3. The summed E-state index contributed by atoms with van der Waals surface area (Å²) in [5, 5.41) is 12.4. The van der Waals surface area contributed by atoms with E-state index in [1.165, 1.54) is 31.1 Å². The Kier molecular flexibility index (Phi) is 6.59. The molecule has 29 heavy (non-hydrogen) atoms. The molecule has 1 aromatic heterocycles. The fourth-order valence-corrected chi connectivity index (χ4v) is 4.26. The number of amides is 1. The Labute approximate surface area is 171 Å². The Hall–Kier alpha value is -2.22. The third kappa shape index (κ3) is 5.44. The maximum atomic E-state index is 11.3. The van der Waals surface area contributed by atoms with E-state index < -0.39 is 5.91 Å². The fraction of sp³-hybridized carbons (Fsp3) is 0.545. The minimum absolute atomic E-state index is 0.112. The molecule has 2 fully saturated rings. The van der Waals surface area contributed by atoms with Crippen LogP contribution in [-0.2, 0) is 6.42 Å². The number of piperidine rings is 1. The van der Waals surface area contributed by atoms with Gasteiger partial charge in [0.25, 0.3) is 5.91 Å². The van der Waals surface area contributed by atoms with Gasteiger partial charge in [-0.1, -0.05) is 30.3 Å². The lowest BCUT2D eigenvalue weighted by Gasteiger charge is -2.32. The third-order valence-electron chi connectivity index (χ3n) is 6.14. The number of carbonyl (C=O) groups excluding carboxylic acids is 1. The lowest BCUT2D eigenvalue weighted by Crippen LogP contribution is -2.38. The summed E-state index contributed by atoms with van der Waals surface area (Å²) < 4.78 is 5.29. The van der Waals surface area contributed by atoms with Crippen molar-refractivity contribution in [1.29, 1.82) is 0 Å². The molecule has 2 aromatic rings. The molecule has 3 N–H and O–H groups in total. The summed E-state index contributed by atoms with van der Waals surface area (Å²) in [6, 6.07) is 11.5. The number of benzene rings is 1. The smallest absolute Gasteiger partial charge is 0.296 e. The molecule has 2 atom stereocenters. The highest BCUT2D eigenvalue weighted by Gasteiger charge is 2.38. The van der Waals surface area contributed by atoms with E-state index in [1.54, 1.807) is 5.48 Å². The molecular formula is C22H30N4O3. The summed E-state index contributed by atoms with van der Waals surface area (Å²) in [5.41, 5.74) is 3.14. The van der Waals surface area contributed by atoms with Crippen molar-refractivity contribution in [1.82, 2.24) is 20.7 Å². The zero-order chi connectivity index (χ0) is 20.1. The molecule has 0 bridgehead atoms. The minimum Gasteiger partial charge on any atom is -0.448 e. The van der Waals surface area contributed by atoms with E-state index >= 15 is 0 Å². The number of hydrogen-bond acceptors (Lipinski definition) is 6. The van der Waals surface area contributed by atoms with E-state index in [1.807, 2.05) is 0 Å². The van der Waals surface area contributed by atoms with Crippen molar-refractivity contribution >= 4 is 5.91 Å². The first-order valence-corrected chi connectivity index (χ1v) is 10.6. The van der Waals surface area contributed by atoms with Gasteiger partial charge in [-0.2, -0.15) is 0 Å². The summed E-state index contributed by atoms with van der Waals surface area (Å²) in [4.78, 5) is 17.9. The quantitative estimate of drug-likeness (QED) is 0.444. The van der Waals surface area contributed by atoms with Gasteiger partial charge < -0.3 is 14.6 Å². The zero-order valence-corrected chi connectivity index (χ0v) is 16.7. The number of carbonyl (C=O) groups is 1. The normalized spacial score (nSPS) is 22.5. The molecule has 1 aliphatic heterocycles. The first kappa shape index (κ1) is 20.1. The molecule has 0 radical (unpaired) electrons. The number of aromatic nitrogens is 1. The summed E-state index contributed by atoms with van der Waals surface area (Å²) in [5.74, 6) is 1.38. The summed E-state index contributed by atoms with van der Waals surface area (Å²) in [6.45, 7) is 4.43. The van der Waals surface area contributed by atoms with Gasteiger partial charge in [-0.25, -0.2) is 10.5 Å². The highest BCUT2D eigenvalue weighted by Crippen LogP contribution is 2.40. The van der Waals surface area contributed by atoms with Crippen LogP contribution in [0.5, 0.6) is 0 Å². The van der Waals surface area contributed by atoms with E-state index in [0.717, 1.165) is 38.5 Å². The third-order valence-corrected chi connectivity index (χ3v) is 6.14. The van der Waals surface area contributed by atoms with Crippen LogP contribution in [-0.4, -0.2) is 53.2 Å². The van der Waals surface area contributed by atoms with Gasteiger partial charge in [-0.3, -0.25) is 10.0 Å². The number of hydroxylamine groups is 1. The maximum absolute atomic E-state index is 11.3. The minimum atomic E-state index is -0.642. The zero-order valence-electron chi connectivity index (χ0n) is 16.7. The molecule has 1 saturated carbocycles. The Morgan fingerprint density at radius 2 is 2.03 bits per heavy atom. The van der Waals surface area contributed by atoms with E-state index in [2.05, 4.69) is 45.5 Å². The van der Waals surface area contributed by atoms with E-state index in [9.17, 15) is 4.79 Å². The molecule has 2 aliphatic rings. The van der Waals surface area contributed by atoms with Gasteiger partial charge in [-0.05, 0) is 63.3 Å². The predicted molar refractivity (Wildman–Crippen MR) is 109 cm³/mol. The molecule has 7 heteroatoms. The molecule has 4 rings (SSSR count). The van der Waals surface area contributed by atoms with Crippen LogP contribution in [0.25, 0.3) is 0 Å². The van der Waals surface area contributed by atoms with E-state index in [4.69, 9.17) is 9.62 Å². The van der Waals surface area contributed by atoms with E-state index in [0.29, 0.717) is 24.3 Å². The highest BCUT2D eigenvalue weighted by atomic mass is 16.5. The Bertz CT molecular complexity index is 786. The molecule has 0 spiro atoms. The van der Waals surface area contributed by atoms with Crippen molar-refractivity contribution in [2.45, 2.75) is 44.1 Å². The number of oxazole rings is 1. The lowest BCUT2D eigenvalue weighted by atomic mass is 9.96. The van der Waals surface area contributed by atoms with Gasteiger partial charge in [0.1, 0.15) is 6.26 Å². The molecule has 7 nitrogen and oxygen atoms in total. The van der Waals surface area contributed by atoms with Crippen LogP contribution in [0.3, 0.4) is 0 Å². The number of nitrogens with zero attached hydrogens (tertiary/aromatic N) is 2. The Morgan fingerprint density at radius 3 is 2.79 bits per heavy atom. The SMILES string of the molecule is O=C(NO)c1coc(CCCN2CCC(CN[C@H]3C[C@@H]3c3ccccc3)CC2)n1. The standard InChI is InChI=1S/C22H30N4O3/c27-22(25-28)20-15-29-21(24-20)7-4-10-26-11-8-16(9-12-26)14-23-19-13-18(19)17-5-2-1-3-6-17/h1-3,5-6,15-16,18-19,23,28H,4,7-14H2,(H,25,27)/t18-,19+/m1/s1. The van der Waals surface area contributed by atoms with Gasteiger partial charge in [0.15, 0.2) is 11.6 Å². The van der Waals surface area contributed by atoms with Crippen molar-refractivity contribution < 1.29 is 14.4 Å². The monoisotopic (exact) mass is 398 g/mol. The molecular weight excluding hydrogens is 368 g/mol. The number of rotatable bonds is 9. The van der Waals surface area contributed by atoms with Crippen molar-refractivity contribution in [2.75, 3.05) is 26.2 Å². The first-order chi connectivity index (χ1) is 14.2. The second-order valence-electron chi connectivity index (χ2n) is 8.22. The number of likely N-dealkylation sites (tertiary alicyclic amines) is 1. The average Bonchev–Trinajstić information content (AvgIpc) is 3.40. The second kappa shape index (κ2) is 9.52. The summed E-state index contributed by atoms with van der Waals surface area (Å²) >= 11 is 0. The topological polar surface area (TPSA) is 90.6 Å². The molecule has 1 saturated heterocycles. The van der Waals surface area contributed by atoms with Crippen LogP contribution in [0, 0.1) is 5.92 Å². The number of aryl methyl sites for hydroxylation is 1. The molecule has 1 amide bonds. The van der Waals surface area contributed by atoms with Crippen LogP contribution in [0.4, 0.5) is 0 Å². The summed E-state index contributed by atoms with van der Waals surface area (Å²) in [7, 11) is 0. The van der Waals surface area contributed by atoms with Crippen molar-refractivity contribution in [2.24, 2.45) is 5.92 Å². The van der Waals surface area contributed by atoms with Crippen molar-refractivity contribution in [3.8, 4) is 0 Å². The van der Waals surface area contributed by atoms with Crippen LogP contribution < -0.4 is 10.8 Å².